The number of sulfonamides is 1. The van der Waals surface area contributed by atoms with E-state index < -0.39 is 10.0 Å². The van der Waals surface area contributed by atoms with Gasteiger partial charge in [0.2, 0.25) is 10.0 Å². The summed E-state index contributed by atoms with van der Waals surface area (Å²) in [5.74, 6) is 0.244. The van der Waals surface area contributed by atoms with E-state index in [0.717, 1.165) is 11.1 Å². The third-order valence-corrected chi connectivity index (χ3v) is 4.14. The lowest BCUT2D eigenvalue weighted by Crippen LogP contribution is -2.18. The topological polar surface area (TPSA) is 85.1 Å². The Morgan fingerprint density at radius 2 is 1.85 bits per heavy atom. The number of hydrogen-bond donors (Lipinski definition) is 2. The van der Waals surface area contributed by atoms with Gasteiger partial charge in [0.15, 0.2) is 0 Å². The summed E-state index contributed by atoms with van der Waals surface area (Å²) < 4.78 is 26.9. The van der Waals surface area contributed by atoms with Crippen molar-refractivity contribution >= 4 is 15.8 Å². The highest BCUT2D eigenvalue weighted by atomic mass is 32.2. The number of rotatable bonds is 5. The van der Waals surface area contributed by atoms with Crippen molar-refractivity contribution in [2.45, 2.75) is 19.2 Å². The van der Waals surface area contributed by atoms with E-state index in [4.69, 9.17) is 5.73 Å². The second kappa shape index (κ2) is 6.02. The van der Waals surface area contributed by atoms with Gasteiger partial charge >= 0.3 is 0 Å². The van der Waals surface area contributed by atoms with Crippen molar-refractivity contribution in [3.05, 3.63) is 59.3 Å². The largest absolute Gasteiger partial charge is 0.326 e. The van der Waals surface area contributed by atoms with Crippen LogP contribution >= 0.6 is 0 Å². The summed E-state index contributed by atoms with van der Waals surface area (Å²) in [7, 11) is -3.51. The van der Waals surface area contributed by atoms with Crippen molar-refractivity contribution in [1.29, 1.82) is 0 Å². The van der Waals surface area contributed by atoms with Crippen molar-refractivity contribution in [2.75, 3.05) is 4.72 Å². The second-order valence-corrected chi connectivity index (χ2v) is 6.23. The Morgan fingerprint density at radius 1 is 1.15 bits per heavy atom. The molecule has 2 aromatic rings. The highest BCUT2D eigenvalue weighted by Gasteiger charge is 2.15. The van der Waals surface area contributed by atoms with Crippen LogP contribution in [0.5, 0.6) is 0 Å². The van der Waals surface area contributed by atoms with Crippen molar-refractivity contribution in [3.8, 4) is 0 Å². The number of benzene rings is 1. The number of nitrogens with two attached hydrogens (primary N) is 1. The maximum absolute atomic E-state index is 12.2. The fourth-order valence-corrected chi connectivity index (χ4v) is 3.15. The molecule has 20 heavy (non-hydrogen) atoms. The number of pyridine rings is 1. The zero-order valence-corrected chi connectivity index (χ0v) is 12.0. The summed E-state index contributed by atoms with van der Waals surface area (Å²) in [6.07, 6.45) is 1.55. The van der Waals surface area contributed by atoms with E-state index in [1.807, 2.05) is 12.1 Å². The summed E-state index contributed by atoms with van der Waals surface area (Å²) in [6.45, 7) is 2.12. The first kappa shape index (κ1) is 14.5. The Balaban J connectivity index is 2.22. The predicted octanol–water partition coefficient (Wildman–Crippen LogP) is 1.79. The standard InChI is InChI=1S/C14H17N3O2S/c1-11-5-4-8-16-14(11)17-20(18,19)10-13-7-3-2-6-12(13)9-15/h2-8H,9-10,15H2,1H3,(H,16,17). The molecule has 106 valence electrons. The van der Waals surface area contributed by atoms with Crippen molar-refractivity contribution in [1.82, 2.24) is 4.98 Å². The molecule has 0 spiro atoms. The molecule has 0 saturated heterocycles. The monoisotopic (exact) mass is 291 g/mol. The molecule has 0 bridgehead atoms. The van der Waals surface area contributed by atoms with Crippen molar-refractivity contribution in [2.24, 2.45) is 5.73 Å². The molecule has 0 radical (unpaired) electrons. The highest BCUT2D eigenvalue weighted by molar-refractivity contribution is 7.91. The molecule has 5 nitrogen and oxygen atoms in total. The van der Waals surface area contributed by atoms with Gasteiger partial charge in [-0.1, -0.05) is 30.3 Å². The molecule has 0 aliphatic rings. The number of nitrogens with one attached hydrogen (secondary N) is 1. The summed E-state index contributed by atoms with van der Waals surface area (Å²) >= 11 is 0. The summed E-state index contributed by atoms with van der Waals surface area (Å²) in [4.78, 5) is 4.03. The van der Waals surface area contributed by atoms with Gasteiger partial charge in [0.25, 0.3) is 0 Å². The lowest BCUT2D eigenvalue weighted by molar-refractivity contribution is 0.600. The van der Waals surface area contributed by atoms with Crippen LogP contribution in [-0.2, 0) is 22.3 Å². The maximum atomic E-state index is 12.2. The molecule has 0 amide bonds. The molecule has 1 heterocycles. The fourth-order valence-electron chi connectivity index (χ4n) is 1.88. The first-order valence-corrected chi connectivity index (χ1v) is 7.86. The third kappa shape index (κ3) is 3.55. The van der Waals surface area contributed by atoms with Crippen LogP contribution < -0.4 is 10.5 Å². The van der Waals surface area contributed by atoms with E-state index in [1.165, 1.54) is 0 Å². The molecule has 0 fully saturated rings. The van der Waals surface area contributed by atoms with E-state index in [0.29, 0.717) is 17.9 Å². The van der Waals surface area contributed by atoms with Crippen LogP contribution in [-0.4, -0.2) is 13.4 Å². The Kier molecular flexibility index (Phi) is 4.36. The van der Waals surface area contributed by atoms with Gasteiger partial charge in [-0.05, 0) is 29.7 Å². The molecule has 6 heteroatoms. The molecule has 1 aromatic heterocycles. The molecule has 0 atom stereocenters. The van der Waals surface area contributed by atoms with Crippen molar-refractivity contribution < 1.29 is 8.42 Å². The molecule has 1 aromatic carbocycles. The molecular weight excluding hydrogens is 274 g/mol. The Bertz CT molecular complexity index is 699. The number of aryl methyl sites for hydroxylation is 1. The van der Waals surface area contributed by atoms with Gasteiger partial charge in [-0.15, -0.1) is 0 Å². The number of anilines is 1. The Hall–Kier alpha value is -1.92. The van der Waals surface area contributed by atoms with Gasteiger partial charge in [0.1, 0.15) is 5.82 Å². The highest BCUT2D eigenvalue weighted by Crippen LogP contribution is 2.16. The van der Waals surface area contributed by atoms with Gasteiger partial charge < -0.3 is 5.73 Å². The van der Waals surface area contributed by atoms with Crippen LogP contribution in [0, 0.1) is 6.92 Å². The van der Waals surface area contributed by atoms with Crippen molar-refractivity contribution in [3.63, 3.8) is 0 Å². The summed E-state index contributed by atoms with van der Waals surface area (Å²) in [5, 5.41) is 0. The lowest BCUT2D eigenvalue weighted by atomic mass is 10.1. The van der Waals surface area contributed by atoms with E-state index in [9.17, 15) is 8.42 Å². The normalized spacial score (nSPS) is 11.3. The molecule has 0 aliphatic heterocycles. The van der Waals surface area contributed by atoms with Crippen LogP contribution in [0.4, 0.5) is 5.82 Å². The predicted molar refractivity (Wildman–Crippen MR) is 79.6 cm³/mol. The van der Waals surface area contributed by atoms with Gasteiger partial charge in [-0.3, -0.25) is 4.72 Å². The first-order chi connectivity index (χ1) is 9.52. The first-order valence-electron chi connectivity index (χ1n) is 6.21. The van der Waals surface area contributed by atoms with E-state index in [1.54, 1.807) is 37.4 Å². The van der Waals surface area contributed by atoms with Gasteiger partial charge in [0.05, 0.1) is 5.75 Å². The zero-order valence-electron chi connectivity index (χ0n) is 11.2. The van der Waals surface area contributed by atoms with Crippen LogP contribution in [0.1, 0.15) is 16.7 Å². The minimum absolute atomic E-state index is 0.115. The molecule has 0 saturated carbocycles. The summed E-state index contributed by atoms with van der Waals surface area (Å²) in [5.41, 5.74) is 7.93. The fraction of sp³-hybridized carbons (Fsp3) is 0.214. The lowest BCUT2D eigenvalue weighted by Gasteiger charge is -2.11. The third-order valence-electron chi connectivity index (χ3n) is 2.95. The molecule has 2 rings (SSSR count). The van der Waals surface area contributed by atoms with E-state index in [-0.39, 0.29) is 5.75 Å². The Labute approximate surface area is 118 Å². The number of nitrogens with zero attached hydrogens (tertiary/aromatic N) is 1. The molecular formula is C14H17N3O2S. The van der Waals surface area contributed by atoms with Crippen LogP contribution in [0.15, 0.2) is 42.6 Å². The SMILES string of the molecule is Cc1cccnc1NS(=O)(=O)Cc1ccccc1CN. The molecule has 0 unspecified atom stereocenters. The second-order valence-electron chi connectivity index (χ2n) is 4.50. The average molecular weight is 291 g/mol. The average Bonchev–Trinajstić information content (AvgIpc) is 2.41. The van der Waals surface area contributed by atoms with Gasteiger partial charge in [-0.2, -0.15) is 0 Å². The number of hydrogen-bond acceptors (Lipinski definition) is 4. The number of aromatic nitrogens is 1. The molecule has 0 aliphatic carbocycles. The van der Waals surface area contributed by atoms with Gasteiger partial charge in [0, 0.05) is 12.7 Å². The summed E-state index contributed by atoms with van der Waals surface area (Å²) in [6, 6.07) is 10.8. The van der Waals surface area contributed by atoms with Crippen LogP contribution in [0.3, 0.4) is 0 Å². The van der Waals surface area contributed by atoms with Gasteiger partial charge in [-0.25, -0.2) is 13.4 Å². The minimum Gasteiger partial charge on any atom is -0.326 e. The molecule has 3 N–H and O–H groups in total. The minimum atomic E-state index is -3.51. The zero-order chi connectivity index (χ0) is 14.6. The van der Waals surface area contributed by atoms with E-state index in [2.05, 4.69) is 9.71 Å². The smallest absolute Gasteiger partial charge is 0.238 e. The Morgan fingerprint density at radius 3 is 2.50 bits per heavy atom. The van der Waals surface area contributed by atoms with Crippen LogP contribution in [0.25, 0.3) is 0 Å². The van der Waals surface area contributed by atoms with E-state index >= 15 is 0 Å². The van der Waals surface area contributed by atoms with Crippen LogP contribution in [0.2, 0.25) is 0 Å². The quantitative estimate of drug-likeness (QED) is 0.879. The maximum Gasteiger partial charge on any atom is 0.238 e.